The molecule has 0 aliphatic heterocycles. The summed E-state index contributed by atoms with van der Waals surface area (Å²) in [6.45, 7) is 0.942. The quantitative estimate of drug-likeness (QED) is 0.767. The molecule has 0 heterocycles. The summed E-state index contributed by atoms with van der Waals surface area (Å²) in [5, 5.41) is 10.8. The molecule has 5 nitrogen and oxygen atoms in total. The third-order valence-corrected chi connectivity index (χ3v) is 2.21. The number of hydrogen-bond donors (Lipinski definition) is 1. The SMILES string of the molecule is COCCCOc1ccc(F)cc1NC(=O)CC#N. The van der Waals surface area contributed by atoms with Crippen molar-refractivity contribution in [1.82, 2.24) is 0 Å². The molecule has 19 heavy (non-hydrogen) atoms. The Hall–Kier alpha value is -2.13. The van der Waals surface area contributed by atoms with E-state index in [4.69, 9.17) is 14.7 Å². The molecule has 0 aliphatic rings. The van der Waals surface area contributed by atoms with Gasteiger partial charge in [0.05, 0.1) is 18.4 Å². The van der Waals surface area contributed by atoms with Gasteiger partial charge in [-0.25, -0.2) is 4.39 Å². The molecule has 0 atom stereocenters. The highest BCUT2D eigenvalue weighted by Gasteiger charge is 2.09. The normalized spacial score (nSPS) is 9.74. The Balaban J connectivity index is 2.68. The molecular formula is C13H15FN2O3. The first kappa shape index (κ1) is 14.9. The highest BCUT2D eigenvalue weighted by atomic mass is 19.1. The van der Waals surface area contributed by atoms with Crippen molar-refractivity contribution < 1.29 is 18.7 Å². The Bertz CT molecular complexity index is 471. The number of benzene rings is 1. The molecule has 102 valence electrons. The van der Waals surface area contributed by atoms with Crippen molar-refractivity contribution in [2.45, 2.75) is 12.8 Å². The van der Waals surface area contributed by atoms with E-state index in [0.29, 0.717) is 25.4 Å². The van der Waals surface area contributed by atoms with Gasteiger partial charge in [0.2, 0.25) is 5.91 Å². The fraction of sp³-hybridized carbons (Fsp3) is 0.385. The number of anilines is 1. The van der Waals surface area contributed by atoms with Crippen molar-refractivity contribution >= 4 is 11.6 Å². The van der Waals surface area contributed by atoms with E-state index in [1.807, 2.05) is 0 Å². The van der Waals surface area contributed by atoms with Crippen LogP contribution in [-0.2, 0) is 9.53 Å². The Morgan fingerprint density at radius 3 is 2.95 bits per heavy atom. The maximum Gasteiger partial charge on any atom is 0.238 e. The summed E-state index contributed by atoms with van der Waals surface area (Å²) < 4.78 is 23.4. The van der Waals surface area contributed by atoms with Crippen LogP contribution in [-0.4, -0.2) is 26.2 Å². The number of nitrogens with zero attached hydrogens (tertiary/aromatic N) is 1. The van der Waals surface area contributed by atoms with Crippen molar-refractivity contribution in [1.29, 1.82) is 5.26 Å². The zero-order valence-electron chi connectivity index (χ0n) is 10.6. The smallest absolute Gasteiger partial charge is 0.238 e. The number of ether oxygens (including phenoxy) is 2. The molecule has 0 radical (unpaired) electrons. The molecule has 6 heteroatoms. The number of rotatable bonds is 7. The first-order chi connectivity index (χ1) is 9.17. The second kappa shape index (κ2) is 8.06. The highest BCUT2D eigenvalue weighted by Crippen LogP contribution is 2.25. The van der Waals surface area contributed by atoms with Crippen LogP contribution in [0.2, 0.25) is 0 Å². The van der Waals surface area contributed by atoms with Gasteiger partial charge in [-0.15, -0.1) is 0 Å². The van der Waals surface area contributed by atoms with Gasteiger partial charge < -0.3 is 14.8 Å². The van der Waals surface area contributed by atoms with Crippen molar-refractivity contribution in [2.75, 3.05) is 25.6 Å². The van der Waals surface area contributed by atoms with Crippen LogP contribution in [0.5, 0.6) is 5.75 Å². The molecule has 1 aromatic rings. The van der Waals surface area contributed by atoms with E-state index in [1.165, 1.54) is 12.1 Å². The molecular weight excluding hydrogens is 251 g/mol. The van der Waals surface area contributed by atoms with Crippen LogP contribution in [0.1, 0.15) is 12.8 Å². The second-order valence-electron chi connectivity index (χ2n) is 3.72. The van der Waals surface area contributed by atoms with Crippen LogP contribution >= 0.6 is 0 Å². The summed E-state index contributed by atoms with van der Waals surface area (Å²) >= 11 is 0. The van der Waals surface area contributed by atoms with E-state index in [2.05, 4.69) is 5.32 Å². The van der Waals surface area contributed by atoms with Gasteiger partial charge in [-0.2, -0.15) is 5.26 Å². The number of nitriles is 1. The van der Waals surface area contributed by atoms with Crippen LogP contribution in [0, 0.1) is 17.1 Å². The van der Waals surface area contributed by atoms with Gasteiger partial charge in [-0.1, -0.05) is 0 Å². The minimum Gasteiger partial charge on any atom is -0.491 e. The average Bonchev–Trinajstić information content (AvgIpc) is 2.37. The van der Waals surface area contributed by atoms with E-state index in [0.717, 1.165) is 6.07 Å². The van der Waals surface area contributed by atoms with Gasteiger partial charge in [-0.05, 0) is 12.1 Å². The van der Waals surface area contributed by atoms with Gasteiger partial charge in [0.15, 0.2) is 0 Å². The zero-order valence-corrected chi connectivity index (χ0v) is 10.6. The Morgan fingerprint density at radius 2 is 2.26 bits per heavy atom. The van der Waals surface area contributed by atoms with Crippen molar-refractivity contribution in [3.8, 4) is 11.8 Å². The Kier molecular flexibility index (Phi) is 6.33. The standard InChI is InChI=1S/C13H15FN2O3/c1-18-7-2-8-19-12-4-3-10(14)9-11(12)16-13(17)5-6-15/h3-4,9H,2,5,7-8H2,1H3,(H,16,17). The Morgan fingerprint density at radius 1 is 1.47 bits per heavy atom. The van der Waals surface area contributed by atoms with Crippen molar-refractivity contribution in [3.05, 3.63) is 24.0 Å². The van der Waals surface area contributed by atoms with Crippen molar-refractivity contribution in [3.63, 3.8) is 0 Å². The van der Waals surface area contributed by atoms with Crippen LogP contribution in [0.25, 0.3) is 0 Å². The molecule has 1 aromatic carbocycles. The van der Waals surface area contributed by atoms with E-state index >= 15 is 0 Å². The lowest BCUT2D eigenvalue weighted by molar-refractivity contribution is -0.115. The molecule has 0 unspecified atom stereocenters. The molecule has 1 N–H and O–H groups in total. The van der Waals surface area contributed by atoms with Crippen molar-refractivity contribution in [2.24, 2.45) is 0 Å². The lowest BCUT2D eigenvalue weighted by Crippen LogP contribution is -2.12. The maximum absolute atomic E-state index is 13.1. The number of methoxy groups -OCH3 is 1. The zero-order chi connectivity index (χ0) is 14.1. The predicted octanol–water partition coefficient (Wildman–Crippen LogP) is 2.09. The summed E-state index contributed by atoms with van der Waals surface area (Å²) in [5.41, 5.74) is 0.220. The summed E-state index contributed by atoms with van der Waals surface area (Å²) in [4.78, 5) is 11.3. The third kappa shape index (κ3) is 5.36. The van der Waals surface area contributed by atoms with E-state index < -0.39 is 11.7 Å². The van der Waals surface area contributed by atoms with Gasteiger partial charge in [0.25, 0.3) is 0 Å². The van der Waals surface area contributed by atoms with Gasteiger partial charge >= 0.3 is 0 Å². The van der Waals surface area contributed by atoms with Gasteiger partial charge in [0.1, 0.15) is 18.0 Å². The first-order valence-corrected chi connectivity index (χ1v) is 5.75. The minimum absolute atomic E-state index is 0.220. The average molecular weight is 266 g/mol. The van der Waals surface area contributed by atoms with Gasteiger partial charge in [-0.3, -0.25) is 4.79 Å². The van der Waals surface area contributed by atoms with Gasteiger partial charge in [0, 0.05) is 26.2 Å². The number of carbonyl (C=O) groups is 1. The molecule has 0 saturated heterocycles. The lowest BCUT2D eigenvalue weighted by atomic mass is 10.2. The molecule has 1 amide bonds. The molecule has 0 fully saturated rings. The first-order valence-electron chi connectivity index (χ1n) is 5.75. The molecule has 0 saturated carbocycles. The molecule has 1 rings (SSSR count). The van der Waals surface area contributed by atoms with Crippen LogP contribution in [0.3, 0.4) is 0 Å². The molecule has 0 bridgehead atoms. The molecule has 0 spiro atoms. The van der Waals surface area contributed by atoms with Crippen LogP contribution in [0.4, 0.5) is 10.1 Å². The van der Waals surface area contributed by atoms with E-state index in [9.17, 15) is 9.18 Å². The summed E-state index contributed by atoms with van der Waals surface area (Å²) in [6.07, 6.45) is 0.388. The number of carbonyl (C=O) groups excluding carboxylic acids is 1. The fourth-order valence-electron chi connectivity index (χ4n) is 1.38. The monoisotopic (exact) mass is 266 g/mol. The Labute approximate surface area is 110 Å². The summed E-state index contributed by atoms with van der Waals surface area (Å²) in [7, 11) is 1.59. The number of amides is 1. The number of nitrogens with one attached hydrogen (secondary N) is 1. The number of hydrogen-bond acceptors (Lipinski definition) is 4. The minimum atomic E-state index is -0.505. The largest absolute Gasteiger partial charge is 0.491 e. The van der Waals surface area contributed by atoms with Crippen LogP contribution in [0.15, 0.2) is 18.2 Å². The number of halogens is 1. The predicted molar refractivity (Wildman–Crippen MR) is 67.2 cm³/mol. The topological polar surface area (TPSA) is 71.3 Å². The van der Waals surface area contributed by atoms with Crippen LogP contribution < -0.4 is 10.1 Å². The lowest BCUT2D eigenvalue weighted by Gasteiger charge is -2.12. The highest BCUT2D eigenvalue weighted by molar-refractivity contribution is 5.93. The summed E-state index contributed by atoms with van der Waals surface area (Å²) in [5.74, 6) is -0.630. The van der Waals surface area contributed by atoms with E-state index in [1.54, 1.807) is 13.2 Å². The fourth-order valence-corrected chi connectivity index (χ4v) is 1.38. The second-order valence-corrected chi connectivity index (χ2v) is 3.72. The third-order valence-electron chi connectivity index (χ3n) is 2.21. The molecule has 0 aromatic heterocycles. The summed E-state index contributed by atoms with van der Waals surface area (Å²) in [6, 6.07) is 5.55. The maximum atomic E-state index is 13.1. The van der Waals surface area contributed by atoms with E-state index in [-0.39, 0.29) is 12.1 Å². The molecule has 0 aliphatic carbocycles.